The standard InChI is InChI=1S/C25H23FN2O4S/c1-25(2,3)16-7-9-18(10-8-16)28-33(31,32)19-11-12-20-21(14-19)27-23(24(29)30)22(20)15-5-4-6-17(26)13-15/h4-14,27-28H,1-3H3,(H,29,30). The molecule has 8 heteroatoms. The van der Waals surface area contributed by atoms with Crippen LogP contribution in [0.15, 0.2) is 71.6 Å². The molecule has 3 N–H and O–H groups in total. The fourth-order valence-electron chi connectivity index (χ4n) is 3.70. The number of fused-ring (bicyclic) bond motifs is 1. The van der Waals surface area contributed by atoms with Crippen LogP contribution in [-0.4, -0.2) is 24.5 Å². The van der Waals surface area contributed by atoms with E-state index in [1.165, 1.54) is 36.4 Å². The maximum atomic E-state index is 13.8. The molecular formula is C25H23FN2O4S. The van der Waals surface area contributed by atoms with Gasteiger partial charge in [0.2, 0.25) is 0 Å². The van der Waals surface area contributed by atoms with Gasteiger partial charge in [0.15, 0.2) is 0 Å². The number of benzene rings is 3. The number of carbonyl (C=O) groups is 1. The Bertz CT molecular complexity index is 1470. The molecule has 0 bridgehead atoms. The summed E-state index contributed by atoms with van der Waals surface area (Å²) in [5, 5.41) is 10.1. The van der Waals surface area contributed by atoms with E-state index >= 15 is 0 Å². The van der Waals surface area contributed by atoms with Gasteiger partial charge in [-0.05, 0) is 52.9 Å². The third-order valence-corrected chi connectivity index (χ3v) is 6.79. The average molecular weight is 467 g/mol. The Hall–Kier alpha value is -3.65. The molecule has 3 aromatic carbocycles. The number of hydrogen-bond acceptors (Lipinski definition) is 3. The Morgan fingerprint density at radius 1 is 1.00 bits per heavy atom. The highest BCUT2D eigenvalue weighted by atomic mass is 32.2. The Morgan fingerprint density at radius 2 is 1.70 bits per heavy atom. The van der Waals surface area contributed by atoms with Gasteiger partial charge in [0.05, 0.1) is 4.90 Å². The van der Waals surface area contributed by atoms with Crippen molar-refractivity contribution >= 4 is 32.6 Å². The number of rotatable bonds is 5. The number of nitrogens with one attached hydrogen (secondary N) is 2. The van der Waals surface area contributed by atoms with E-state index in [0.29, 0.717) is 27.7 Å². The summed E-state index contributed by atoms with van der Waals surface area (Å²) < 4.78 is 42.3. The third-order valence-electron chi connectivity index (χ3n) is 5.41. The molecular weight excluding hydrogens is 443 g/mol. The van der Waals surface area contributed by atoms with Crippen molar-refractivity contribution < 1.29 is 22.7 Å². The number of aromatic nitrogens is 1. The zero-order valence-corrected chi connectivity index (χ0v) is 19.1. The Morgan fingerprint density at radius 3 is 2.30 bits per heavy atom. The highest BCUT2D eigenvalue weighted by Crippen LogP contribution is 2.34. The smallest absolute Gasteiger partial charge is 0.352 e. The van der Waals surface area contributed by atoms with E-state index in [4.69, 9.17) is 0 Å². The maximum absolute atomic E-state index is 13.8. The minimum atomic E-state index is -3.93. The number of anilines is 1. The third kappa shape index (κ3) is 4.47. The molecule has 1 aromatic heterocycles. The van der Waals surface area contributed by atoms with Gasteiger partial charge in [-0.1, -0.05) is 51.1 Å². The molecule has 0 spiro atoms. The van der Waals surface area contributed by atoms with Crippen LogP contribution in [0.5, 0.6) is 0 Å². The summed E-state index contributed by atoms with van der Waals surface area (Å²) in [5.41, 5.74) is 2.29. The average Bonchev–Trinajstić information content (AvgIpc) is 3.12. The van der Waals surface area contributed by atoms with Gasteiger partial charge in [-0.3, -0.25) is 4.72 Å². The molecule has 0 radical (unpaired) electrons. The van der Waals surface area contributed by atoms with E-state index in [1.807, 2.05) is 12.1 Å². The van der Waals surface area contributed by atoms with Gasteiger partial charge in [0.1, 0.15) is 11.5 Å². The van der Waals surface area contributed by atoms with Crippen LogP contribution < -0.4 is 4.72 Å². The van der Waals surface area contributed by atoms with Gasteiger partial charge in [0.25, 0.3) is 10.0 Å². The molecule has 170 valence electrons. The SMILES string of the molecule is CC(C)(C)c1ccc(NS(=O)(=O)c2ccc3c(-c4cccc(F)c4)c(C(=O)O)[nH]c3c2)cc1. The minimum Gasteiger partial charge on any atom is -0.477 e. The number of aromatic amines is 1. The second kappa shape index (κ2) is 8.04. The van der Waals surface area contributed by atoms with Crippen LogP contribution in [0, 0.1) is 5.82 Å². The topological polar surface area (TPSA) is 99.3 Å². The number of hydrogen-bond donors (Lipinski definition) is 3. The molecule has 0 saturated carbocycles. The van der Waals surface area contributed by atoms with E-state index in [9.17, 15) is 22.7 Å². The first-order valence-electron chi connectivity index (χ1n) is 10.2. The number of carboxylic acids is 1. The molecule has 0 atom stereocenters. The van der Waals surface area contributed by atoms with Crippen LogP contribution in [0.2, 0.25) is 0 Å². The van der Waals surface area contributed by atoms with Gasteiger partial charge in [-0.15, -0.1) is 0 Å². The van der Waals surface area contributed by atoms with Crippen molar-refractivity contribution in [2.24, 2.45) is 0 Å². The predicted molar refractivity (Wildman–Crippen MR) is 127 cm³/mol. The summed E-state index contributed by atoms with van der Waals surface area (Å²) in [6.07, 6.45) is 0. The van der Waals surface area contributed by atoms with Crippen LogP contribution in [0.4, 0.5) is 10.1 Å². The van der Waals surface area contributed by atoms with Gasteiger partial charge >= 0.3 is 5.97 Å². The molecule has 0 aliphatic carbocycles. The number of carboxylic acid groups (broad SMARTS) is 1. The summed E-state index contributed by atoms with van der Waals surface area (Å²) in [7, 11) is -3.93. The first-order chi connectivity index (χ1) is 15.5. The zero-order chi connectivity index (χ0) is 24.0. The fourth-order valence-corrected chi connectivity index (χ4v) is 4.78. The first-order valence-corrected chi connectivity index (χ1v) is 11.7. The van der Waals surface area contributed by atoms with E-state index < -0.39 is 21.8 Å². The van der Waals surface area contributed by atoms with Crippen molar-refractivity contribution in [1.29, 1.82) is 0 Å². The molecule has 0 fully saturated rings. The monoisotopic (exact) mass is 466 g/mol. The minimum absolute atomic E-state index is 0.0288. The quantitative estimate of drug-likeness (QED) is 0.348. The lowest BCUT2D eigenvalue weighted by molar-refractivity contribution is 0.0692. The van der Waals surface area contributed by atoms with E-state index in [-0.39, 0.29) is 16.0 Å². The normalized spacial score (nSPS) is 12.1. The lowest BCUT2D eigenvalue weighted by atomic mass is 9.87. The number of aromatic carboxylic acids is 1. The highest BCUT2D eigenvalue weighted by Gasteiger charge is 2.22. The number of halogens is 1. The molecule has 4 aromatic rings. The van der Waals surface area contributed by atoms with Crippen molar-refractivity contribution in [3.63, 3.8) is 0 Å². The van der Waals surface area contributed by atoms with E-state index in [0.717, 1.165) is 5.56 Å². The fraction of sp³-hybridized carbons (Fsp3) is 0.160. The summed E-state index contributed by atoms with van der Waals surface area (Å²) in [4.78, 5) is 14.6. The Labute approximate surface area is 191 Å². The van der Waals surface area contributed by atoms with Crippen molar-refractivity contribution in [2.45, 2.75) is 31.1 Å². The first kappa shape index (κ1) is 22.5. The molecule has 0 amide bonds. The maximum Gasteiger partial charge on any atom is 0.352 e. The summed E-state index contributed by atoms with van der Waals surface area (Å²) in [5.74, 6) is -1.73. The largest absolute Gasteiger partial charge is 0.477 e. The van der Waals surface area contributed by atoms with Crippen LogP contribution in [-0.2, 0) is 15.4 Å². The molecule has 0 aliphatic rings. The highest BCUT2D eigenvalue weighted by molar-refractivity contribution is 7.92. The van der Waals surface area contributed by atoms with Crippen molar-refractivity contribution in [1.82, 2.24) is 4.98 Å². The van der Waals surface area contributed by atoms with Crippen molar-refractivity contribution in [2.75, 3.05) is 4.72 Å². The molecule has 4 rings (SSSR count). The number of H-pyrrole nitrogens is 1. The zero-order valence-electron chi connectivity index (χ0n) is 18.3. The molecule has 1 heterocycles. The van der Waals surface area contributed by atoms with E-state index in [1.54, 1.807) is 18.2 Å². The lowest BCUT2D eigenvalue weighted by Gasteiger charge is -2.19. The molecule has 0 saturated heterocycles. The summed E-state index contributed by atoms with van der Waals surface area (Å²) >= 11 is 0. The number of sulfonamides is 1. The summed E-state index contributed by atoms with van der Waals surface area (Å²) in [6.45, 7) is 6.21. The van der Waals surface area contributed by atoms with Crippen molar-refractivity contribution in [3.8, 4) is 11.1 Å². The predicted octanol–water partition coefficient (Wildman–Crippen LogP) is 5.77. The Kier molecular flexibility index (Phi) is 5.49. The van der Waals surface area contributed by atoms with Crippen LogP contribution in [0.25, 0.3) is 22.0 Å². The molecule has 0 unspecified atom stereocenters. The van der Waals surface area contributed by atoms with Crippen LogP contribution >= 0.6 is 0 Å². The van der Waals surface area contributed by atoms with Gasteiger partial charge in [-0.25, -0.2) is 17.6 Å². The molecule has 0 aliphatic heterocycles. The molecule has 6 nitrogen and oxygen atoms in total. The van der Waals surface area contributed by atoms with Crippen molar-refractivity contribution in [3.05, 3.63) is 83.8 Å². The van der Waals surface area contributed by atoms with Crippen LogP contribution in [0.3, 0.4) is 0 Å². The van der Waals surface area contributed by atoms with Gasteiger partial charge < -0.3 is 10.1 Å². The second-order valence-electron chi connectivity index (χ2n) is 8.83. The Balaban J connectivity index is 1.74. The second-order valence-corrected chi connectivity index (χ2v) is 10.5. The summed E-state index contributed by atoms with van der Waals surface area (Å²) in [6, 6.07) is 17.0. The van der Waals surface area contributed by atoms with Gasteiger partial charge in [-0.2, -0.15) is 0 Å². The lowest BCUT2D eigenvalue weighted by Crippen LogP contribution is -2.14. The van der Waals surface area contributed by atoms with E-state index in [2.05, 4.69) is 30.5 Å². The molecule has 33 heavy (non-hydrogen) atoms. The van der Waals surface area contributed by atoms with Crippen LogP contribution in [0.1, 0.15) is 36.8 Å². The van der Waals surface area contributed by atoms with Gasteiger partial charge in [0, 0.05) is 22.2 Å².